The zero-order valence-corrected chi connectivity index (χ0v) is 60.7. The summed E-state index contributed by atoms with van der Waals surface area (Å²) in [5.74, 6) is -3.19. The van der Waals surface area contributed by atoms with Crippen LogP contribution < -0.4 is 15.4 Å². The van der Waals surface area contributed by atoms with Crippen molar-refractivity contribution < 1.29 is 80.8 Å². The first-order chi connectivity index (χ1) is 47.7. The SMILES string of the molecule is Cc1ncsc1-c1ccc(CNC(=O)[C@@H]2C[C@@H](O)CN2C(=O)[C@@H](CC(=O)COCCOCCOCCOCCOCCOCCOc2ccc(NC(=O)c3c(-c4ccccc4)c(-c4ccc(F)cc4)n(CC[C@@H]4C[C@H](CC(=O)OC(C)(C)C)OC(C)(C)O4)c3C(C)C)cc2)C(C)(C)C)cc1. The van der Waals surface area contributed by atoms with Gasteiger partial charge in [-0.2, -0.15) is 0 Å². The lowest BCUT2D eigenvalue weighted by Crippen LogP contribution is -2.50. The molecule has 2 aliphatic rings. The van der Waals surface area contributed by atoms with E-state index >= 15 is 0 Å². The number of hydrogen-bond donors (Lipinski definition) is 3. The molecule has 5 atom stereocenters. The Kier molecular flexibility index (Phi) is 29.5. The van der Waals surface area contributed by atoms with Crippen molar-refractivity contribution in [2.24, 2.45) is 11.3 Å². The number of halogens is 1. The highest BCUT2D eigenvalue weighted by Crippen LogP contribution is 2.44. The summed E-state index contributed by atoms with van der Waals surface area (Å²) in [6.07, 6.45) is -0.460. The van der Waals surface area contributed by atoms with Crippen molar-refractivity contribution in [3.05, 3.63) is 137 Å². The molecule has 4 aromatic carbocycles. The summed E-state index contributed by atoms with van der Waals surface area (Å²) in [7, 11) is 0. The molecule has 100 heavy (non-hydrogen) atoms. The molecule has 0 radical (unpaired) electrons. The minimum Gasteiger partial charge on any atom is -0.491 e. The number of likely N-dealkylation sites (tertiary alicyclic amines) is 1. The number of carbonyl (C=O) groups is 5. The molecule has 4 heterocycles. The average Bonchev–Trinajstić information content (AvgIpc) is 1.59. The fraction of sp³-hybridized carbons (Fsp3) is 0.532. The molecule has 23 heteroatoms. The predicted octanol–water partition coefficient (Wildman–Crippen LogP) is 12.2. The molecule has 544 valence electrons. The summed E-state index contributed by atoms with van der Waals surface area (Å²) < 4.78 is 74.9. The fourth-order valence-corrected chi connectivity index (χ4v) is 13.2. The fourth-order valence-electron chi connectivity index (χ4n) is 12.4. The normalized spacial score (nSPS) is 17.3. The van der Waals surface area contributed by atoms with E-state index < -0.39 is 41.0 Å². The van der Waals surface area contributed by atoms with Crippen LogP contribution >= 0.6 is 11.3 Å². The monoisotopic (exact) mass is 1400 g/mol. The third-order valence-electron chi connectivity index (χ3n) is 17.0. The lowest BCUT2D eigenvalue weighted by molar-refractivity contribution is -0.301. The quantitative estimate of drug-likeness (QED) is 0.0241. The Labute approximate surface area is 592 Å². The van der Waals surface area contributed by atoms with Gasteiger partial charge >= 0.3 is 5.97 Å². The van der Waals surface area contributed by atoms with Crippen molar-refractivity contribution in [2.45, 2.75) is 163 Å². The second-order valence-electron chi connectivity index (χ2n) is 28.0. The molecule has 0 saturated carbocycles. The Morgan fingerprint density at radius 3 is 1.87 bits per heavy atom. The number of aliphatic hydroxyl groups is 1. The number of β-amino-alcohol motifs (C(OH)–C–C–N with tert-alkyl or cyclic N) is 1. The summed E-state index contributed by atoms with van der Waals surface area (Å²) in [4.78, 5) is 75.4. The third kappa shape index (κ3) is 23.9. The summed E-state index contributed by atoms with van der Waals surface area (Å²) in [5.41, 5.74) is 8.42. The third-order valence-corrected chi connectivity index (χ3v) is 18.0. The van der Waals surface area contributed by atoms with E-state index in [9.17, 15) is 33.5 Å². The van der Waals surface area contributed by atoms with Crippen molar-refractivity contribution in [3.8, 4) is 38.6 Å². The van der Waals surface area contributed by atoms with Gasteiger partial charge in [0.2, 0.25) is 11.8 Å². The number of ketones is 1. The standard InChI is InChI=1S/C77H102FN5O16S/c1-51(2)69-68(67(54-15-13-12-14-16-54)70(55-21-23-57(78)24-22-55)82(69)30-29-62-45-63(98-77(10,11)97-62)46-66(86)99-76(7,8)9)73(88)81-58-25-27-61(28-26-58)96-42-41-94-38-37-92-34-33-90-31-32-91-35-36-93-39-40-95-49-60(85)43-64(75(4,5)6)74(89)83-48-59(84)44-65(83)72(87)79-47-53-17-19-56(20-18-53)71-52(3)80-50-100-71/h12-28,50-51,59,62-65,84H,29-49H2,1-11H3,(H,79,87)(H,81,88)/t59-,62-,63-,64-,65+/m1/s1. The van der Waals surface area contributed by atoms with Gasteiger partial charge in [-0.3, -0.25) is 24.0 Å². The van der Waals surface area contributed by atoms with Gasteiger partial charge in [0.1, 0.15) is 36.4 Å². The van der Waals surface area contributed by atoms with Gasteiger partial charge in [-0.05, 0) is 130 Å². The first-order valence-electron chi connectivity index (χ1n) is 34.7. The number of Topliss-reactive ketones (excluding diaryl/α,β-unsaturated/α-hetero) is 1. The van der Waals surface area contributed by atoms with Crippen molar-refractivity contribution in [1.29, 1.82) is 0 Å². The van der Waals surface area contributed by atoms with E-state index in [1.54, 1.807) is 47.7 Å². The molecule has 2 saturated heterocycles. The zero-order valence-electron chi connectivity index (χ0n) is 59.9. The summed E-state index contributed by atoms with van der Waals surface area (Å²) >= 11 is 1.57. The highest BCUT2D eigenvalue weighted by molar-refractivity contribution is 7.13. The lowest BCUT2D eigenvalue weighted by atomic mass is 9.77. The maximum Gasteiger partial charge on any atom is 0.308 e. The molecule has 21 nitrogen and oxygen atoms in total. The Balaban J connectivity index is 0.683. The van der Waals surface area contributed by atoms with E-state index in [1.165, 1.54) is 17.0 Å². The maximum absolute atomic E-state index is 14.9. The molecule has 0 unspecified atom stereocenters. The van der Waals surface area contributed by atoms with E-state index in [2.05, 4.69) is 34.0 Å². The van der Waals surface area contributed by atoms with Gasteiger partial charge in [0, 0.05) is 61.8 Å². The van der Waals surface area contributed by atoms with Crippen LogP contribution in [-0.4, -0.2) is 177 Å². The van der Waals surface area contributed by atoms with Crippen LogP contribution in [-0.2, 0) is 74.9 Å². The van der Waals surface area contributed by atoms with Crippen LogP contribution in [0.1, 0.15) is 135 Å². The molecule has 2 aliphatic heterocycles. The van der Waals surface area contributed by atoms with Gasteiger partial charge in [-0.15, -0.1) is 11.3 Å². The van der Waals surface area contributed by atoms with Crippen LogP contribution in [0, 0.1) is 24.1 Å². The number of thiazole rings is 1. The number of nitrogens with one attached hydrogen (secondary N) is 2. The summed E-state index contributed by atoms with van der Waals surface area (Å²) in [5, 5.41) is 16.7. The Morgan fingerprint density at radius 1 is 0.720 bits per heavy atom. The molecule has 3 N–H and O–H groups in total. The second kappa shape index (κ2) is 37.6. The number of anilines is 1. The van der Waals surface area contributed by atoms with Crippen LogP contribution in [0.3, 0.4) is 0 Å². The number of amides is 3. The van der Waals surface area contributed by atoms with Gasteiger partial charge in [0.15, 0.2) is 11.6 Å². The van der Waals surface area contributed by atoms with Crippen LogP contribution in [0.2, 0.25) is 0 Å². The van der Waals surface area contributed by atoms with E-state index in [0.29, 0.717) is 102 Å². The van der Waals surface area contributed by atoms with Gasteiger partial charge in [0.25, 0.3) is 5.91 Å². The molecule has 2 fully saturated rings. The minimum absolute atomic E-state index is 0.00910. The van der Waals surface area contributed by atoms with Crippen molar-refractivity contribution in [3.63, 3.8) is 0 Å². The number of aromatic nitrogens is 2. The van der Waals surface area contributed by atoms with Gasteiger partial charge < -0.3 is 72.6 Å². The molecule has 0 bridgehead atoms. The number of aliphatic hydroxyl groups excluding tert-OH is 1. The van der Waals surface area contributed by atoms with Crippen molar-refractivity contribution in [2.75, 3.05) is 97.8 Å². The smallest absolute Gasteiger partial charge is 0.308 e. The number of hydrogen-bond acceptors (Lipinski definition) is 18. The largest absolute Gasteiger partial charge is 0.491 e. The topological polar surface area (TPSA) is 243 Å². The number of carbonyl (C=O) groups excluding carboxylic acids is 5. The lowest BCUT2D eigenvalue weighted by Gasteiger charge is -2.41. The number of ether oxygens (including phenoxy) is 10. The number of esters is 1. The first-order valence-corrected chi connectivity index (χ1v) is 35.5. The van der Waals surface area contributed by atoms with E-state index in [0.717, 1.165) is 49.8 Å². The van der Waals surface area contributed by atoms with Gasteiger partial charge in [0.05, 0.1) is 125 Å². The molecular weight excluding hydrogens is 1300 g/mol. The van der Waals surface area contributed by atoms with Crippen LogP contribution in [0.25, 0.3) is 32.8 Å². The minimum atomic E-state index is -0.960. The van der Waals surface area contributed by atoms with Crippen LogP contribution in [0.5, 0.6) is 5.75 Å². The maximum atomic E-state index is 14.9. The molecule has 0 aliphatic carbocycles. The number of benzene rings is 4. The van der Waals surface area contributed by atoms with Gasteiger partial charge in [-0.1, -0.05) is 89.2 Å². The van der Waals surface area contributed by atoms with Gasteiger partial charge in [-0.25, -0.2) is 9.37 Å². The number of aryl methyl sites for hydroxylation is 1. The second-order valence-corrected chi connectivity index (χ2v) is 28.9. The molecule has 6 aromatic rings. The van der Waals surface area contributed by atoms with E-state index in [-0.39, 0.29) is 99.5 Å². The Hall–Kier alpha value is -7.29. The van der Waals surface area contributed by atoms with Crippen molar-refractivity contribution >= 4 is 46.5 Å². The van der Waals surface area contributed by atoms with Crippen LogP contribution in [0.4, 0.5) is 10.1 Å². The summed E-state index contributed by atoms with van der Waals surface area (Å²) in [6, 6.07) is 30.3. The molecule has 3 amide bonds. The summed E-state index contributed by atoms with van der Waals surface area (Å²) in [6.45, 7) is 25.4. The molecular formula is C77H102FN5O16S. The number of rotatable bonds is 38. The predicted molar refractivity (Wildman–Crippen MR) is 381 cm³/mol. The zero-order chi connectivity index (χ0) is 72.0. The Morgan fingerprint density at radius 2 is 1.30 bits per heavy atom. The molecule has 8 rings (SSSR count). The highest BCUT2D eigenvalue weighted by atomic mass is 32.1. The number of nitrogens with zero attached hydrogens (tertiary/aromatic N) is 3. The van der Waals surface area contributed by atoms with E-state index in [4.69, 9.17) is 47.4 Å². The Bertz CT molecular complexity index is 3570. The highest BCUT2D eigenvalue weighted by Gasteiger charge is 2.45. The van der Waals surface area contributed by atoms with Crippen LogP contribution in [0.15, 0.2) is 109 Å². The molecule has 0 spiro atoms. The average molecular weight is 1400 g/mol. The van der Waals surface area contributed by atoms with E-state index in [1.807, 2.05) is 122 Å². The first kappa shape index (κ1) is 78.4. The molecule has 2 aromatic heterocycles. The van der Waals surface area contributed by atoms with Crippen molar-refractivity contribution in [1.82, 2.24) is 19.8 Å².